The summed E-state index contributed by atoms with van der Waals surface area (Å²) in [4.78, 5) is 4.84. The summed E-state index contributed by atoms with van der Waals surface area (Å²) in [5.74, 6) is 0.892. The first-order valence-electron chi connectivity index (χ1n) is 8.40. The van der Waals surface area contributed by atoms with Crippen LogP contribution in [0.4, 0.5) is 0 Å². The van der Waals surface area contributed by atoms with Crippen molar-refractivity contribution in [2.75, 3.05) is 19.9 Å². The number of nitrogens with two attached hydrogens (primary N) is 1. The molecule has 0 radical (unpaired) electrons. The molecule has 3 nitrogen and oxygen atoms in total. The first-order chi connectivity index (χ1) is 12.2. The monoisotopic (exact) mass is 418 g/mol. The molecule has 0 spiro atoms. The number of rotatable bonds is 7. The molecule has 0 aliphatic rings. The smallest absolute Gasteiger partial charge is 0.128 e. The molecule has 0 fully saturated rings. The molecule has 0 aliphatic heterocycles. The van der Waals surface area contributed by atoms with Gasteiger partial charge in [0.25, 0.3) is 0 Å². The van der Waals surface area contributed by atoms with E-state index in [9.17, 15) is 0 Å². The third-order valence-electron chi connectivity index (χ3n) is 4.43. The van der Waals surface area contributed by atoms with Crippen LogP contribution in [0.25, 0.3) is 22.2 Å². The second kappa shape index (κ2) is 8.30. The lowest BCUT2D eigenvalue weighted by Gasteiger charge is -2.11. The molecule has 3 rings (SSSR count). The number of aromatic amines is 1. The van der Waals surface area contributed by atoms with Gasteiger partial charge in [-0.1, -0.05) is 15.9 Å². The number of unbranched alkanes of at least 4 members (excludes halogenated alkanes) is 1. The number of ether oxygens (including phenoxy) is 1. The molecule has 3 aromatic rings. The van der Waals surface area contributed by atoms with E-state index in [2.05, 4.69) is 57.5 Å². The van der Waals surface area contributed by atoms with Crippen LogP contribution >= 0.6 is 27.7 Å². The minimum atomic E-state index is 0.729. The van der Waals surface area contributed by atoms with Crippen molar-refractivity contribution in [2.24, 2.45) is 5.73 Å². The first kappa shape index (κ1) is 18.4. The predicted octanol–water partition coefficient (Wildman–Crippen LogP) is 5.61. The van der Waals surface area contributed by atoms with Crippen molar-refractivity contribution >= 4 is 38.6 Å². The maximum absolute atomic E-state index is 5.70. The summed E-state index contributed by atoms with van der Waals surface area (Å²) in [6.07, 6.45) is 5.20. The number of hydrogen-bond donors (Lipinski definition) is 2. The number of nitrogens with one attached hydrogen (secondary N) is 1. The van der Waals surface area contributed by atoms with Crippen LogP contribution in [0.2, 0.25) is 0 Å². The molecule has 0 atom stereocenters. The number of H-pyrrole nitrogens is 1. The maximum atomic E-state index is 5.70. The second-order valence-corrected chi connectivity index (χ2v) is 7.78. The van der Waals surface area contributed by atoms with Crippen LogP contribution in [0, 0.1) is 0 Å². The largest absolute Gasteiger partial charge is 0.496 e. The summed E-state index contributed by atoms with van der Waals surface area (Å²) in [7, 11) is 1.73. The number of hydrogen-bond acceptors (Lipinski definition) is 3. The van der Waals surface area contributed by atoms with Gasteiger partial charge in [-0.05, 0) is 74.0 Å². The Morgan fingerprint density at radius 3 is 2.72 bits per heavy atom. The molecule has 25 heavy (non-hydrogen) atoms. The van der Waals surface area contributed by atoms with E-state index in [1.807, 2.05) is 6.07 Å². The maximum Gasteiger partial charge on any atom is 0.128 e. The Labute approximate surface area is 161 Å². The minimum absolute atomic E-state index is 0.729. The van der Waals surface area contributed by atoms with Gasteiger partial charge in [-0.3, -0.25) is 0 Å². The van der Waals surface area contributed by atoms with Crippen molar-refractivity contribution in [1.29, 1.82) is 0 Å². The van der Waals surface area contributed by atoms with E-state index in [1.54, 1.807) is 18.9 Å². The van der Waals surface area contributed by atoms with Crippen LogP contribution in [-0.2, 0) is 6.42 Å². The zero-order chi connectivity index (χ0) is 17.8. The molecule has 2 aromatic carbocycles. The fraction of sp³-hybridized carbons (Fsp3) is 0.300. The second-order valence-electron chi connectivity index (χ2n) is 5.98. The molecule has 0 amide bonds. The van der Waals surface area contributed by atoms with Crippen molar-refractivity contribution in [2.45, 2.75) is 24.2 Å². The lowest BCUT2D eigenvalue weighted by atomic mass is 9.99. The lowest BCUT2D eigenvalue weighted by molar-refractivity contribution is 0.416. The van der Waals surface area contributed by atoms with Gasteiger partial charge in [0, 0.05) is 25.8 Å². The van der Waals surface area contributed by atoms with Crippen molar-refractivity contribution in [3.8, 4) is 17.0 Å². The van der Waals surface area contributed by atoms with E-state index in [0.717, 1.165) is 52.8 Å². The number of aromatic nitrogens is 1. The zero-order valence-corrected chi connectivity index (χ0v) is 17.0. The molecule has 132 valence electrons. The average molecular weight is 419 g/mol. The van der Waals surface area contributed by atoms with E-state index < -0.39 is 0 Å². The molecule has 0 saturated carbocycles. The van der Waals surface area contributed by atoms with Crippen LogP contribution in [0.1, 0.15) is 18.4 Å². The highest BCUT2D eigenvalue weighted by Gasteiger charge is 2.17. The molecule has 0 aliphatic carbocycles. The Balaban J connectivity index is 2.19. The third kappa shape index (κ3) is 3.89. The summed E-state index contributed by atoms with van der Waals surface area (Å²) < 4.78 is 6.73. The number of thioether (sulfide) groups is 1. The van der Waals surface area contributed by atoms with E-state index in [1.165, 1.54) is 15.8 Å². The Hall–Kier alpha value is -1.43. The third-order valence-corrected chi connectivity index (χ3v) is 5.64. The van der Waals surface area contributed by atoms with Gasteiger partial charge in [0.1, 0.15) is 5.75 Å². The van der Waals surface area contributed by atoms with Crippen LogP contribution < -0.4 is 10.5 Å². The van der Waals surface area contributed by atoms with E-state index in [0.29, 0.717) is 0 Å². The summed E-state index contributed by atoms with van der Waals surface area (Å²) >= 11 is 5.34. The van der Waals surface area contributed by atoms with Crippen molar-refractivity contribution in [1.82, 2.24) is 4.98 Å². The fourth-order valence-corrected chi connectivity index (χ4v) is 3.97. The van der Waals surface area contributed by atoms with Crippen LogP contribution in [0.5, 0.6) is 5.75 Å². The SMILES string of the molecule is COc1ccc(SC)cc1-c1[nH]c2ccc(Br)cc2c1CCCCN. The number of aryl methyl sites for hydroxylation is 1. The summed E-state index contributed by atoms with van der Waals surface area (Å²) in [5.41, 5.74) is 10.5. The van der Waals surface area contributed by atoms with E-state index in [4.69, 9.17) is 10.5 Å². The highest BCUT2D eigenvalue weighted by atomic mass is 79.9. The van der Waals surface area contributed by atoms with Crippen molar-refractivity contribution < 1.29 is 4.74 Å². The molecular formula is C20H23BrN2OS. The molecule has 5 heteroatoms. The standard InChI is InChI=1S/C20H23BrN2OS/c1-24-19-9-7-14(25-2)12-17(19)20-15(5-3-4-10-22)16-11-13(21)6-8-18(16)23-20/h6-9,11-12,23H,3-5,10,22H2,1-2H3. The fourth-order valence-electron chi connectivity index (χ4n) is 3.17. The Morgan fingerprint density at radius 1 is 1.16 bits per heavy atom. The number of halogens is 1. The lowest BCUT2D eigenvalue weighted by Crippen LogP contribution is -1.99. The Bertz CT molecular complexity index is 876. The van der Waals surface area contributed by atoms with Gasteiger partial charge in [0.15, 0.2) is 0 Å². The molecule has 0 unspecified atom stereocenters. The Morgan fingerprint density at radius 2 is 2.00 bits per heavy atom. The predicted molar refractivity (Wildman–Crippen MR) is 112 cm³/mol. The zero-order valence-electron chi connectivity index (χ0n) is 14.6. The molecule has 0 bridgehead atoms. The number of fused-ring (bicyclic) bond motifs is 1. The average Bonchev–Trinajstić information content (AvgIpc) is 2.99. The number of methoxy groups -OCH3 is 1. The van der Waals surface area contributed by atoms with Gasteiger partial charge < -0.3 is 15.5 Å². The van der Waals surface area contributed by atoms with E-state index in [-0.39, 0.29) is 0 Å². The highest BCUT2D eigenvalue weighted by Crippen LogP contribution is 2.39. The molecular weight excluding hydrogens is 396 g/mol. The topological polar surface area (TPSA) is 51.0 Å². The summed E-state index contributed by atoms with van der Waals surface area (Å²) in [6.45, 7) is 0.729. The van der Waals surface area contributed by atoms with Gasteiger partial charge in [-0.25, -0.2) is 0 Å². The van der Waals surface area contributed by atoms with Gasteiger partial charge >= 0.3 is 0 Å². The highest BCUT2D eigenvalue weighted by molar-refractivity contribution is 9.10. The molecule has 1 heterocycles. The molecule has 3 N–H and O–H groups in total. The normalized spacial score (nSPS) is 11.2. The molecule has 0 saturated heterocycles. The first-order valence-corrected chi connectivity index (χ1v) is 10.4. The summed E-state index contributed by atoms with van der Waals surface area (Å²) in [6, 6.07) is 12.7. The van der Waals surface area contributed by atoms with Crippen molar-refractivity contribution in [3.63, 3.8) is 0 Å². The van der Waals surface area contributed by atoms with Crippen LogP contribution in [-0.4, -0.2) is 24.9 Å². The Kier molecular flexibility index (Phi) is 6.10. The van der Waals surface area contributed by atoms with E-state index >= 15 is 0 Å². The van der Waals surface area contributed by atoms with Crippen molar-refractivity contribution in [3.05, 3.63) is 46.4 Å². The number of benzene rings is 2. The quantitative estimate of drug-likeness (QED) is 0.387. The van der Waals surface area contributed by atoms with Crippen LogP contribution in [0.3, 0.4) is 0 Å². The van der Waals surface area contributed by atoms with Gasteiger partial charge in [0.2, 0.25) is 0 Å². The molecule has 1 aromatic heterocycles. The summed E-state index contributed by atoms with van der Waals surface area (Å²) in [5, 5.41) is 1.26. The van der Waals surface area contributed by atoms with Gasteiger partial charge in [-0.15, -0.1) is 11.8 Å². The van der Waals surface area contributed by atoms with Gasteiger partial charge in [-0.2, -0.15) is 0 Å². The van der Waals surface area contributed by atoms with Gasteiger partial charge in [0.05, 0.1) is 12.8 Å². The van der Waals surface area contributed by atoms with Crippen LogP contribution in [0.15, 0.2) is 45.8 Å². The minimum Gasteiger partial charge on any atom is -0.496 e.